The van der Waals surface area contributed by atoms with E-state index in [1.165, 1.54) is 35.5 Å². The summed E-state index contributed by atoms with van der Waals surface area (Å²) in [7, 11) is 0. The Hall–Kier alpha value is -2.29. The maximum atomic E-state index is 12.2. The topological polar surface area (TPSA) is 69.0 Å². The number of hydrogen-bond donors (Lipinski definition) is 1. The van der Waals surface area contributed by atoms with Crippen molar-refractivity contribution < 1.29 is 22.7 Å². The van der Waals surface area contributed by atoms with Gasteiger partial charge in [0.2, 0.25) is 5.91 Å². The van der Waals surface area contributed by atoms with Gasteiger partial charge in [-0.1, -0.05) is 11.6 Å². The third-order valence-corrected chi connectivity index (χ3v) is 2.88. The lowest BCUT2D eigenvalue weighted by Gasteiger charge is -2.14. The fraction of sp³-hybridized carbons (Fsp3) is 0.308. The molecule has 124 valence electrons. The number of rotatable bonds is 6. The zero-order valence-corrected chi connectivity index (χ0v) is 12.4. The van der Waals surface area contributed by atoms with E-state index in [-0.39, 0.29) is 29.4 Å². The molecule has 1 aromatic carbocycles. The largest absolute Gasteiger partial charge is 0.482 e. The molecule has 1 amide bonds. The average molecular weight is 349 g/mol. The number of alkyl halides is 3. The molecule has 1 N–H and O–H groups in total. The SMILES string of the molecule is O=C(CCn1cncn1)Nc1cc(Cl)ccc1OCC(F)(F)F. The van der Waals surface area contributed by atoms with Gasteiger partial charge in [-0.15, -0.1) is 0 Å². The number of aryl methyl sites for hydroxylation is 1. The summed E-state index contributed by atoms with van der Waals surface area (Å²) in [5, 5.41) is 6.57. The van der Waals surface area contributed by atoms with Crippen molar-refractivity contribution in [3.63, 3.8) is 0 Å². The number of carbonyl (C=O) groups is 1. The molecule has 0 radical (unpaired) electrons. The monoisotopic (exact) mass is 348 g/mol. The first-order valence-electron chi connectivity index (χ1n) is 6.45. The number of carbonyl (C=O) groups excluding carboxylic acids is 1. The van der Waals surface area contributed by atoms with Gasteiger partial charge in [-0.25, -0.2) is 4.98 Å². The fourth-order valence-corrected chi connectivity index (χ4v) is 1.83. The summed E-state index contributed by atoms with van der Waals surface area (Å²) >= 11 is 5.80. The van der Waals surface area contributed by atoms with Crippen LogP contribution in [0.4, 0.5) is 18.9 Å². The molecule has 2 rings (SSSR count). The number of nitrogens with zero attached hydrogens (tertiary/aromatic N) is 3. The van der Waals surface area contributed by atoms with Gasteiger partial charge in [-0.05, 0) is 18.2 Å². The summed E-state index contributed by atoms with van der Waals surface area (Å²) in [6.07, 6.45) is -1.63. The number of nitrogens with one attached hydrogen (secondary N) is 1. The molecule has 0 aliphatic carbocycles. The van der Waals surface area contributed by atoms with Crippen LogP contribution in [0.25, 0.3) is 0 Å². The molecule has 2 aromatic rings. The summed E-state index contributed by atoms with van der Waals surface area (Å²) in [6, 6.07) is 3.96. The Morgan fingerprint density at radius 3 is 2.83 bits per heavy atom. The number of hydrogen-bond acceptors (Lipinski definition) is 4. The molecule has 10 heteroatoms. The van der Waals surface area contributed by atoms with Gasteiger partial charge in [-0.3, -0.25) is 9.48 Å². The van der Waals surface area contributed by atoms with Crippen LogP contribution in [-0.2, 0) is 11.3 Å². The van der Waals surface area contributed by atoms with E-state index in [1.54, 1.807) is 0 Å². The highest BCUT2D eigenvalue weighted by molar-refractivity contribution is 6.31. The van der Waals surface area contributed by atoms with Gasteiger partial charge in [0, 0.05) is 11.4 Å². The molecule has 23 heavy (non-hydrogen) atoms. The number of aromatic nitrogens is 3. The van der Waals surface area contributed by atoms with Crippen LogP contribution in [-0.4, -0.2) is 33.5 Å². The average Bonchev–Trinajstić information content (AvgIpc) is 2.96. The molecule has 6 nitrogen and oxygen atoms in total. The van der Waals surface area contributed by atoms with E-state index < -0.39 is 18.7 Å². The van der Waals surface area contributed by atoms with Crippen molar-refractivity contribution in [3.8, 4) is 5.75 Å². The molecule has 0 spiro atoms. The van der Waals surface area contributed by atoms with Crippen molar-refractivity contribution in [2.75, 3.05) is 11.9 Å². The lowest BCUT2D eigenvalue weighted by Crippen LogP contribution is -2.20. The Morgan fingerprint density at radius 2 is 2.17 bits per heavy atom. The lowest BCUT2D eigenvalue weighted by molar-refractivity contribution is -0.153. The molecule has 1 aromatic heterocycles. The molecular weight excluding hydrogens is 337 g/mol. The predicted octanol–water partition coefficient (Wildman–Crippen LogP) is 2.90. The first kappa shape index (κ1) is 17.1. The van der Waals surface area contributed by atoms with Gasteiger partial charge in [0.1, 0.15) is 18.4 Å². The first-order chi connectivity index (χ1) is 10.8. The van der Waals surface area contributed by atoms with Gasteiger partial charge in [0.15, 0.2) is 6.61 Å². The Bertz CT molecular complexity index is 662. The molecule has 0 aliphatic rings. The van der Waals surface area contributed by atoms with Crippen LogP contribution in [0.1, 0.15) is 6.42 Å². The Labute approximate surface area is 134 Å². The second kappa shape index (κ2) is 7.32. The van der Waals surface area contributed by atoms with Crippen molar-refractivity contribution in [1.82, 2.24) is 14.8 Å². The smallest absolute Gasteiger partial charge is 0.422 e. The minimum atomic E-state index is -4.48. The quantitative estimate of drug-likeness (QED) is 0.871. The number of ether oxygens (including phenoxy) is 1. The van der Waals surface area contributed by atoms with E-state index in [0.29, 0.717) is 0 Å². The van der Waals surface area contributed by atoms with Crippen molar-refractivity contribution in [2.45, 2.75) is 19.1 Å². The van der Waals surface area contributed by atoms with E-state index in [0.717, 1.165) is 0 Å². The minimum Gasteiger partial charge on any atom is -0.482 e. The normalized spacial score (nSPS) is 11.3. The Morgan fingerprint density at radius 1 is 1.39 bits per heavy atom. The second-order valence-corrected chi connectivity index (χ2v) is 4.94. The first-order valence-corrected chi connectivity index (χ1v) is 6.82. The van der Waals surface area contributed by atoms with E-state index in [2.05, 4.69) is 20.1 Å². The molecule has 0 aliphatic heterocycles. The van der Waals surface area contributed by atoms with Crippen molar-refractivity contribution in [1.29, 1.82) is 0 Å². The van der Waals surface area contributed by atoms with Crippen LogP contribution < -0.4 is 10.1 Å². The summed E-state index contributed by atoms with van der Waals surface area (Å²) in [5.41, 5.74) is 0.0744. The van der Waals surface area contributed by atoms with E-state index in [4.69, 9.17) is 11.6 Å². The summed E-state index contributed by atoms with van der Waals surface area (Å²) in [5.74, 6) is -0.527. The third-order valence-electron chi connectivity index (χ3n) is 2.64. The summed E-state index contributed by atoms with van der Waals surface area (Å²) in [4.78, 5) is 15.6. The van der Waals surface area contributed by atoms with Crippen LogP contribution in [0.5, 0.6) is 5.75 Å². The molecule has 0 atom stereocenters. The highest BCUT2D eigenvalue weighted by Crippen LogP contribution is 2.29. The zero-order chi connectivity index (χ0) is 16.9. The van der Waals surface area contributed by atoms with Gasteiger partial charge < -0.3 is 10.1 Å². The van der Waals surface area contributed by atoms with Crippen LogP contribution in [0, 0.1) is 0 Å². The molecule has 0 saturated carbocycles. The van der Waals surface area contributed by atoms with Crippen molar-refractivity contribution in [3.05, 3.63) is 35.9 Å². The minimum absolute atomic E-state index is 0.0641. The van der Waals surface area contributed by atoms with Crippen LogP contribution in [0.3, 0.4) is 0 Å². The highest BCUT2D eigenvalue weighted by Gasteiger charge is 2.29. The van der Waals surface area contributed by atoms with Crippen molar-refractivity contribution in [2.24, 2.45) is 0 Å². The number of benzene rings is 1. The standard InChI is InChI=1S/C13H12ClF3N4O2/c14-9-1-2-11(23-6-13(15,16)17)10(5-9)20-12(22)3-4-21-8-18-7-19-21/h1-2,5,7-8H,3-4,6H2,(H,20,22). The number of amides is 1. The molecule has 0 unspecified atom stereocenters. The second-order valence-electron chi connectivity index (χ2n) is 4.50. The van der Waals surface area contributed by atoms with Crippen LogP contribution in [0.2, 0.25) is 5.02 Å². The molecule has 1 heterocycles. The predicted molar refractivity (Wildman–Crippen MR) is 76.3 cm³/mol. The number of halogens is 4. The van der Waals surface area contributed by atoms with Gasteiger partial charge >= 0.3 is 6.18 Å². The third kappa shape index (κ3) is 5.78. The van der Waals surface area contributed by atoms with Crippen LogP contribution >= 0.6 is 11.6 Å². The highest BCUT2D eigenvalue weighted by atomic mass is 35.5. The maximum Gasteiger partial charge on any atom is 0.422 e. The van der Waals surface area contributed by atoms with Gasteiger partial charge in [-0.2, -0.15) is 18.3 Å². The maximum absolute atomic E-state index is 12.2. The Kier molecular flexibility index (Phi) is 5.43. The van der Waals surface area contributed by atoms with Crippen LogP contribution in [0.15, 0.2) is 30.9 Å². The van der Waals surface area contributed by atoms with Crippen molar-refractivity contribution >= 4 is 23.2 Å². The molecule has 0 fully saturated rings. The summed E-state index contributed by atoms with van der Waals surface area (Å²) in [6.45, 7) is -1.18. The Balaban J connectivity index is 1.99. The fourth-order valence-electron chi connectivity index (χ4n) is 1.66. The zero-order valence-electron chi connectivity index (χ0n) is 11.7. The molecular formula is C13H12ClF3N4O2. The molecule has 0 saturated heterocycles. The van der Waals surface area contributed by atoms with E-state index >= 15 is 0 Å². The van der Waals surface area contributed by atoms with Gasteiger partial charge in [0.05, 0.1) is 12.2 Å². The number of anilines is 1. The molecule has 0 bridgehead atoms. The van der Waals surface area contributed by atoms with Gasteiger partial charge in [0.25, 0.3) is 0 Å². The van der Waals surface area contributed by atoms with E-state index in [1.807, 2.05) is 0 Å². The lowest BCUT2D eigenvalue weighted by atomic mass is 10.2. The van der Waals surface area contributed by atoms with E-state index in [9.17, 15) is 18.0 Å². The summed E-state index contributed by atoms with van der Waals surface area (Å²) < 4.78 is 42.9.